The first-order chi connectivity index (χ1) is 18.5. The van der Waals surface area contributed by atoms with Gasteiger partial charge in [0.25, 0.3) is 11.8 Å². The zero-order valence-corrected chi connectivity index (χ0v) is 21.1. The van der Waals surface area contributed by atoms with Gasteiger partial charge in [0, 0.05) is 40.9 Å². The van der Waals surface area contributed by atoms with Crippen molar-refractivity contribution < 1.29 is 9.59 Å². The van der Waals surface area contributed by atoms with Crippen LogP contribution in [0.1, 0.15) is 26.4 Å². The van der Waals surface area contributed by atoms with Crippen molar-refractivity contribution in [3.05, 3.63) is 108 Å². The van der Waals surface area contributed by atoms with Crippen molar-refractivity contribution in [2.45, 2.75) is 6.92 Å². The average Bonchev–Trinajstić information content (AvgIpc) is 3.41. The second-order valence-electron chi connectivity index (χ2n) is 8.36. The van der Waals surface area contributed by atoms with Gasteiger partial charge in [-0.3, -0.25) is 19.6 Å². The van der Waals surface area contributed by atoms with Crippen LogP contribution in [0.5, 0.6) is 0 Å². The Labute approximate surface area is 222 Å². The van der Waals surface area contributed by atoms with E-state index in [1.807, 2.05) is 42.6 Å². The third-order valence-corrected chi connectivity index (χ3v) is 6.42. The number of thiazole rings is 1. The molecule has 10 heteroatoms. The number of aryl methyl sites for hydroxylation is 1. The molecule has 5 aromatic rings. The van der Waals surface area contributed by atoms with Gasteiger partial charge in [0.15, 0.2) is 5.13 Å². The van der Waals surface area contributed by atoms with Gasteiger partial charge in [-0.1, -0.05) is 18.2 Å². The first kappa shape index (κ1) is 24.6. The van der Waals surface area contributed by atoms with Gasteiger partial charge in [-0.15, -0.1) is 11.3 Å². The lowest BCUT2D eigenvalue weighted by atomic mass is 10.1. The van der Waals surface area contributed by atoms with Crippen molar-refractivity contribution in [1.82, 2.24) is 15.0 Å². The number of anilines is 5. The molecule has 0 fully saturated rings. The Bertz CT molecular complexity index is 1600. The van der Waals surface area contributed by atoms with Crippen molar-refractivity contribution in [3.8, 4) is 11.3 Å². The molecule has 5 rings (SSSR count). The van der Waals surface area contributed by atoms with E-state index in [4.69, 9.17) is 5.73 Å². The predicted molar refractivity (Wildman–Crippen MR) is 151 cm³/mol. The van der Waals surface area contributed by atoms with Crippen molar-refractivity contribution in [2.75, 3.05) is 21.7 Å². The molecular weight excluding hydrogens is 498 g/mol. The normalized spacial score (nSPS) is 10.6. The predicted octanol–water partition coefficient (Wildman–Crippen LogP) is 5.74. The summed E-state index contributed by atoms with van der Waals surface area (Å²) < 4.78 is 0. The summed E-state index contributed by atoms with van der Waals surface area (Å²) in [7, 11) is 0. The van der Waals surface area contributed by atoms with Gasteiger partial charge in [0.2, 0.25) is 0 Å². The summed E-state index contributed by atoms with van der Waals surface area (Å²) in [6.45, 7) is 1.97. The van der Waals surface area contributed by atoms with Crippen molar-refractivity contribution in [3.63, 3.8) is 0 Å². The number of pyridine rings is 2. The maximum absolute atomic E-state index is 12.8. The first-order valence-corrected chi connectivity index (χ1v) is 12.5. The molecule has 2 amide bonds. The van der Waals surface area contributed by atoms with E-state index in [1.165, 1.54) is 23.6 Å². The summed E-state index contributed by atoms with van der Waals surface area (Å²) in [5.74, 6) is -0.766. The lowest BCUT2D eigenvalue weighted by Crippen LogP contribution is -2.16. The molecule has 2 aromatic carbocycles. The highest BCUT2D eigenvalue weighted by Gasteiger charge is 2.13. The zero-order chi connectivity index (χ0) is 26.5. The number of amides is 2. The fourth-order valence-corrected chi connectivity index (χ4v) is 4.32. The third-order valence-electron chi connectivity index (χ3n) is 5.67. The first-order valence-electron chi connectivity index (χ1n) is 11.6. The van der Waals surface area contributed by atoms with Gasteiger partial charge in [-0.2, -0.15) is 0 Å². The van der Waals surface area contributed by atoms with E-state index in [2.05, 4.69) is 30.9 Å². The Morgan fingerprint density at radius 3 is 2.53 bits per heavy atom. The number of para-hydroxylation sites is 2. The molecule has 0 aliphatic heterocycles. The maximum Gasteiger partial charge on any atom is 0.274 e. The van der Waals surface area contributed by atoms with E-state index in [-0.39, 0.29) is 11.6 Å². The minimum absolute atomic E-state index is 0.167. The molecule has 0 saturated heterocycles. The summed E-state index contributed by atoms with van der Waals surface area (Å²) in [4.78, 5) is 38.3. The number of nitrogen functional groups attached to an aromatic ring is 1. The molecule has 38 heavy (non-hydrogen) atoms. The number of aromatic nitrogens is 3. The molecule has 5 N–H and O–H groups in total. The highest BCUT2D eigenvalue weighted by molar-refractivity contribution is 7.14. The fraction of sp³-hybridized carbons (Fsp3) is 0.0357. The lowest BCUT2D eigenvalue weighted by Gasteiger charge is -2.11. The number of nitrogens with one attached hydrogen (secondary N) is 3. The van der Waals surface area contributed by atoms with Gasteiger partial charge >= 0.3 is 0 Å². The molecule has 0 unspecified atom stereocenters. The molecule has 3 aromatic heterocycles. The number of rotatable bonds is 7. The molecule has 0 saturated carbocycles. The smallest absolute Gasteiger partial charge is 0.274 e. The van der Waals surface area contributed by atoms with Gasteiger partial charge in [0.1, 0.15) is 5.69 Å². The van der Waals surface area contributed by atoms with Crippen LogP contribution in [-0.4, -0.2) is 26.8 Å². The van der Waals surface area contributed by atoms with Crippen LogP contribution < -0.4 is 21.7 Å². The SMILES string of the molecule is Cc1ccc(NC(=O)c2ccc(C(=O)Nc3ccccc3N)nc2)cc1Nc1nc(-c2cccnc2)cs1. The minimum Gasteiger partial charge on any atom is -0.397 e. The standard InChI is InChI=1S/C28H23N7O2S/c1-17-8-10-20(13-24(17)34-28-35-25(16-38-28)18-5-4-12-30-14-18)32-26(36)19-9-11-23(31-15-19)27(37)33-22-7-3-2-6-21(22)29/h2-16H,29H2,1H3,(H,32,36)(H,33,37)(H,34,35). The molecule has 0 radical (unpaired) electrons. The molecule has 9 nitrogen and oxygen atoms in total. The van der Waals surface area contributed by atoms with E-state index in [0.717, 1.165) is 27.6 Å². The Balaban J connectivity index is 1.24. The highest BCUT2D eigenvalue weighted by Crippen LogP contribution is 2.29. The second kappa shape index (κ2) is 10.9. The number of carbonyl (C=O) groups is 2. The van der Waals surface area contributed by atoms with Gasteiger partial charge in [-0.25, -0.2) is 4.98 Å². The topological polar surface area (TPSA) is 135 Å². The fourth-order valence-electron chi connectivity index (χ4n) is 3.59. The molecule has 3 heterocycles. The van der Waals surface area contributed by atoms with Gasteiger partial charge in [-0.05, 0) is 61.0 Å². The Morgan fingerprint density at radius 2 is 1.76 bits per heavy atom. The van der Waals surface area contributed by atoms with E-state index in [0.29, 0.717) is 22.6 Å². The van der Waals surface area contributed by atoms with E-state index in [1.54, 1.807) is 42.7 Å². The third kappa shape index (κ3) is 5.66. The number of nitrogens with two attached hydrogens (primary N) is 1. The van der Waals surface area contributed by atoms with Crippen molar-refractivity contribution in [1.29, 1.82) is 0 Å². The molecule has 188 valence electrons. The molecule has 0 aliphatic carbocycles. The number of carbonyl (C=O) groups excluding carboxylic acids is 2. The van der Waals surface area contributed by atoms with E-state index >= 15 is 0 Å². The van der Waals surface area contributed by atoms with Crippen LogP contribution in [0.3, 0.4) is 0 Å². The number of benzene rings is 2. The van der Waals surface area contributed by atoms with Crippen LogP contribution in [0.2, 0.25) is 0 Å². The Morgan fingerprint density at radius 1 is 0.895 bits per heavy atom. The van der Waals surface area contributed by atoms with Crippen LogP contribution >= 0.6 is 11.3 Å². The van der Waals surface area contributed by atoms with Crippen LogP contribution in [-0.2, 0) is 0 Å². The van der Waals surface area contributed by atoms with Gasteiger partial charge in [0.05, 0.1) is 22.6 Å². The van der Waals surface area contributed by atoms with Crippen molar-refractivity contribution in [2.24, 2.45) is 0 Å². The Hall–Kier alpha value is -5.09. The van der Waals surface area contributed by atoms with Crippen LogP contribution in [0, 0.1) is 6.92 Å². The van der Waals surface area contributed by atoms with E-state index in [9.17, 15) is 9.59 Å². The largest absolute Gasteiger partial charge is 0.397 e. The highest BCUT2D eigenvalue weighted by atomic mass is 32.1. The monoisotopic (exact) mass is 521 g/mol. The maximum atomic E-state index is 12.8. The summed E-state index contributed by atoms with van der Waals surface area (Å²) in [6, 6.07) is 19.4. The van der Waals surface area contributed by atoms with Crippen LogP contribution in [0.15, 0.2) is 90.7 Å². The summed E-state index contributed by atoms with van der Waals surface area (Å²) in [5.41, 5.74) is 11.5. The summed E-state index contributed by atoms with van der Waals surface area (Å²) in [5, 5.41) is 11.6. The minimum atomic E-state index is -0.419. The number of hydrogen-bond acceptors (Lipinski definition) is 8. The lowest BCUT2D eigenvalue weighted by molar-refractivity contribution is 0.101. The molecular formula is C28H23N7O2S. The average molecular weight is 522 g/mol. The molecule has 0 bridgehead atoms. The second-order valence-corrected chi connectivity index (χ2v) is 9.22. The quantitative estimate of drug-likeness (QED) is 0.201. The number of hydrogen-bond donors (Lipinski definition) is 4. The van der Waals surface area contributed by atoms with Crippen molar-refractivity contribution >= 4 is 51.0 Å². The zero-order valence-electron chi connectivity index (χ0n) is 20.3. The summed E-state index contributed by atoms with van der Waals surface area (Å²) in [6.07, 6.45) is 4.86. The molecule has 0 aliphatic rings. The van der Waals surface area contributed by atoms with Crippen LogP contribution in [0.25, 0.3) is 11.3 Å². The summed E-state index contributed by atoms with van der Waals surface area (Å²) >= 11 is 1.48. The van der Waals surface area contributed by atoms with Gasteiger partial charge < -0.3 is 21.7 Å². The molecule has 0 atom stereocenters. The molecule has 0 spiro atoms. The van der Waals surface area contributed by atoms with E-state index < -0.39 is 5.91 Å². The number of nitrogens with zero attached hydrogens (tertiary/aromatic N) is 3. The Kier molecular flexibility index (Phi) is 7.05. The van der Waals surface area contributed by atoms with Crippen LogP contribution in [0.4, 0.5) is 27.9 Å².